The maximum absolute atomic E-state index is 6.01. The van der Waals surface area contributed by atoms with Gasteiger partial charge in [0.2, 0.25) is 0 Å². The Morgan fingerprint density at radius 3 is 1.12 bits per heavy atom. The van der Waals surface area contributed by atoms with Gasteiger partial charge in [-0.25, -0.2) is 0 Å². The van der Waals surface area contributed by atoms with E-state index in [0.29, 0.717) is 11.5 Å². The number of hydrogen-bond donors (Lipinski definition) is 0. The molecular weight excluding hydrogens is 452 g/mol. The van der Waals surface area contributed by atoms with E-state index in [1.165, 1.54) is 0 Å². The van der Waals surface area contributed by atoms with Gasteiger partial charge in [-0.05, 0) is 0 Å². The molecule has 3 aromatic rings. The van der Waals surface area contributed by atoms with Gasteiger partial charge in [-0.3, -0.25) is 0 Å². The van der Waals surface area contributed by atoms with Crippen LogP contribution in [0.1, 0.15) is 0 Å². The van der Waals surface area contributed by atoms with Crippen molar-refractivity contribution in [3.63, 3.8) is 0 Å². The predicted octanol–water partition coefficient (Wildman–Crippen LogP) is 3.36. The molecule has 0 amide bonds. The zero-order valence-electron chi connectivity index (χ0n) is 13.5. The average Bonchev–Trinajstić information content (AvgIpc) is 3.26. The van der Waals surface area contributed by atoms with Crippen LogP contribution in [0.3, 0.4) is 0 Å². The fraction of sp³-hybridized carbons (Fsp3) is 0. The van der Waals surface area contributed by atoms with Crippen molar-refractivity contribution in [3.05, 3.63) is 72.8 Å². The Hall–Kier alpha value is -2.27. The van der Waals surface area contributed by atoms with Gasteiger partial charge in [-0.2, -0.15) is 0 Å². The van der Waals surface area contributed by atoms with E-state index in [-0.39, 0.29) is 0 Å². The summed E-state index contributed by atoms with van der Waals surface area (Å²) in [6.07, 6.45) is 0. The molecule has 2 aliphatic rings. The predicted molar refractivity (Wildman–Crippen MR) is 94.6 cm³/mol. The van der Waals surface area contributed by atoms with Gasteiger partial charge in [0.1, 0.15) is 0 Å². The number of para-hydroxylation sites is 6. The van der Waals surface area contributed by atoms with Crippen LogP contribution in [0.2, 0.25) is 0 Å². The Morgan fingerprint density at radius 2 is 0.769 bits per heavy atom. The molecule has 2 aliphatic heterocycles. The normalized spacial score (nSPS) is 13.7. The topological polar surface area (TPSA) is 55.4 Å². The molecule has 0 bridgehead atoms. The molecule has 126 valence electrons. The van der Waals surface area contributed by atoms with Gasteiger partial charge in [0.25, 0.3) is 0 Å². The Bertz CT molecular complexity index is 824. The molecule has 0 radical (unpaired) electrons. The molecule has 0 unspecified atom stereocenters. The van der Waals surface area contributed by atoms with Gasteiger partial charge >= 0.3 is 163 Å². The molecule has 0 aromatic heterocycles. The van der Waals surface area contributed by atoms with Crippen molar-refractivity contribution >= 4 is 34.6 Å². The van der Waals surface area contributed by atoms with E-state index in [2.05, 4.69) is 0 Å². The Morgan fingerprint density at radius 1 is 0.462 bits per heavy atom. The van der Waals surface area contributed by atoms with Crippen molar-refractivity contribution in [2.75, 3.05) is 0 Å². The second-order valence-electron chi connectivity index (χ2n) is 5.62. The van der Waals surface area contributed by atoms with Gasteiger partial charge in [-0.15, -0.1) is 0 Å². The summed E-state index contributed by atoms with van der Waals surface area (Å²) in [6, 6.07) is 22.6. The first-order valence-corrected chi connectivity index (χ1v) is 14.1. The van der Waals surface area contributed by atoms with Gasteiger partial charge in [-0.1, -0.05) is 0 Å². The van der Waals surface area contributed by atoms with E-state index in [0.717, 1.165) is 23.0 Å². The molecule has 6 nitrogen and oxygen atoms in total. The summed E-state index contributed by atoms with van der Waals surface area (Å²) in [5.74, 6) is 4.08. The van der Waals surface area contributed by atoms with Crippen LogP contribution in [-0.4, -0.2) is 34.6 Å². The Labute approximate surface area is 162 Å². The summed E-state index contributed by atoms with van der Waals surface area (Å²) in [7, 11) is 0. The van der Waals surface area contributed by atoms with Crippen LogP contribution >= 0.6 is 0 Å². The van der Waals surface area contributed by atoms with Crippen LogP contribution in [0.15, 0.2) is 72.8 Å². The first-order valence-electron chi connectivity index (χ1n) is 8.12. The Balaban J connectivity index is 1.30. The Kier molecular flexibility index (Phi) is 4.17. The van der Waals surface area contributed by atoms with E-state index < -0.39 is 34.6 Å². The fourth-order valence-electron chi connectivity index (χ4n) is 2.70. The van der Waals surface area contributed by atoms with Gasteiger partial charge < -0.3 is 0 Å². The number of rotatable bonds is 4. The van der Waals surface area contributed by atoms with Crippen LogP contribution < -0.4 is 21.2 Å². The minimum absolute atomic E-state index is 0.582. The monoisotopic (exact) mass is 462 g/mol. The van der Waals surface area contributed by atoms with Crippen molar-refractivity contribution < 1.29 is 21.2 Å². The van der Waals surface area contributed by atoms with Crippen LogP contribution in [0.4, 0.5) is 0 Å². The van der Waals surface area contributed by atoms with Crippen molar-refractivity contribution in [2.45, 2.75) is 0 Å². The molecule has 0 N–H and O–H groups in total. The molecule has 0 atom stereocenters. The van der Waals surface area contributed by atoms with E-state index in [9.17, 15) is 0 Å². The van der Waals surface area contributed by atoms with E-state index in [1.54, 1.807) is 0 Å². The number of hydrogen-bond acceptors (Lipinski definition) is 6. The number of benzene rings is 3. The summed E-state index contributed by atoms with van der Waals surface area (Å²) in [5.41, 5.74) is 0. The summed E-state index contributed by atoms with van der Waals surface area (Å²) in [4.78, 5) is 0. The summed E-state index contributed by atoms with van der Waals surface area (Å²) < 4.78 is 35.3. The number of fused-ring (bicyclic) bond motifs is 2. The summed E-state index contributed by atoms with van der Waals surface area (Å²) in [6.45, 7) is 0. The van der Waals surface area contributed by atoms with Crippen LogP contribution in [0, 0.1) is 0 Å². The zero-order valence-corrected chi connectivity index (χ0v) is 18.4. The quantitative estimate of drug-likeness (QED) is 0.553. The van der Waals surface area contributed by atoms with Crippen LogP contribution in [0.25, 0.3) is 0 Å². The SMILES string of the molecule is c1ccc([O][Ga]2[O]c3ccccc3[O]2)c([O][Ga]2[O]c3ccccc3[O]2)c1. The molecule has 0 aliphatic carbocycles. The van der Waals surface area contributed by atoms with Gasteiger partial charge in [0, 0.05) is 0 Å². The first kappa shape index (κ1) is 15.9. The minimum atomic E-state index is -2.90. The molecule has 0 saturated heterocycles. The fourth-order valence-corrected chi connectivity index (χ4v) is 8.37. The average molecular weight is 464 g/mol. The van der Waals surface area contributed by atoms with E-state index >= 15 is 0 Å². The molecule has 0 saturated carbocycles. The van der Waals surface area contributed by atoms with Crippen molar-refractivity contribution in [2.24, 2.45) is 0 Å². The molecular formula is C18H12Ga2O6. The zero-order chi connectivity index (χ0) is 17.3. The third-order valence-corrected chi connectivity index (χ3v) is 9.51. The van der Waals surface area contributed by atoms with Gasteiger partial charge in [0.05, 0.1) is 0 Å². The van der Waals surface area contributed by atoms with E-state index in [1.807, 2.05) is 72.8 Å². The third kappa shape index (κ3) is 3.12. The van der Waals surface area contributed by atoms with E-state index in [4.69, 9.17) is 21.2 Å². The first-order chi connectivity index (χ1) is 12.8. The second kappa shape index (κ2) is 6.80. The summed E-state index contributed by atoms with van der Waals surface area (Å²) >= 11 is -5.80. The molecule has 0 fully saturated rings. The molecule has 5 rings (SSSR count). The van der Waals surface area contributed by atoms with Gasteiger partial charge in [0.15, 0.2) is 0 Å². The van der Waals surface area contributed by atoms with Crippen molar-refractivity contribution in [3.8, 4) is 34.5 Å². The third-order valence-electron chi connectivity index (χ3n) is 3.89. The molecule has 26 heavy (non-hydrogen) atoms. The standard InChI is InChI=1S/3C6H6O2.2Ga/c3*7-5-3-1-2-4-6(5)8;;/h3*1-4,7-8H;;/q;;;2*+3/p-6. The maximum atomic E-state index is 6.01. The van der Waals surface area contributed by atoms with Crippen LogP contribution in [0.5, 0.6) is 34.5 Å². The van der Waals surface area contributed by atoms with Crippen molar-refractivity contribution in [1.29, 1.82) is 0 Å². The summed E-state index contributed by atoms with van der Waals surface area (Å²) in [5, 5.41) is 0. The molecule has 3 aromatic carbocycles. The molecule has 0 spiro atoms. The molecule has 8 heteroatoms. The second-order valence-corrected chi connectivity index (χ2v) is 11.0. The molecule has 2 heterocycles. The van der Waals surface area contributed by atoms with Crippen LogP contribution in [-0.2, 0) is 0 Å². The van der Waals surface area contributed by atoms with Crippen molar-refractivity contribution in [1.82, 2.24) is 0 Å².